The maximum absolute atomic E-state index is 5.69. The summed E-state index contributed by atoms with van der Waals surface area (Å²) in [5.74, 6) is 0.595. The van der Waals surface area contributed by atoms with Crippen LogP contribution in [0, 0.1) is 5.92 Å². The van der Waals surface area contributed by atoms with Crippen molar-refractivity contribution in [1.29, 1.82) is 0 Å². The number of nitrogens with one attached hydrogen (secondary N) is 1. The molecule has 0 aliphatic carbocycles. The molecule has 1 N–H and O–H groups in total. The van der Waals surface area contributed by atoms with E-state index in [9.17, 15) is 0 Å². The monoisotopic (exact) mass is 276 g/mol. The van der Waals surface area contributed by atoms with E-state index in [4.69, 9.17) is 4.74 Å². The van der Waals surface area contributed by atoms with Crippen molar-refractivity contribution >= 4 is 0 Å². The highest BCUT2D eigenvalue weighted by Crippen LogP contribution is 2.27. The summed E-state index contributed by atoms with van der Waals surface area (Å²) in [5, 5.41) is 3.53. The minimum Gasteiger partial charge on any atom is -0.376 e. The average Bonchev–Trinajstić information content (AvgIpc) is 2.45. The Morgan fingerprint density at radius 3 is 2.50 bits per heavy atom. The molecular weight excluding hydrogens is 248 g/mol. The Morgan fingerprint density at radius 1 is 1.25 bits per heavy atom. The van der Waals surface area contributed by atoms with Crippen molar-refractivity contribution in [3.63, 3.8) is 0 Å². The van der Waals surface area contributed by atoms with Gasteiger partial charge in [0.1, 0.15) is 0 Å². The first-order valence-electron chi connectivity index (χ1n) is 7.71. The second-order valence-electron chi connectivity index (χ2n) is 6.09. The molecule has 1 aliphatic rings. The molecule has 0 bridgehead atoms. The smallest absolute Gasteiger partial charge is 0.0674 e. The van der Waals surface area contributed by atoms with E-state index in [-0.39, 0.29) is 0 Å². The quantitative estimate of drug-likeness (QED) is 0.895. The predicted molar refractivity (Wildman–Crippen MR) is 83.9 cm³/mol. The van der Waals surface area contributed by atoms with E-state index >= 15 is 0 Å². The predicted octanol–water partition coefficient (Wildman–Crippen LogP) is 2.69. The second kappa shape index (κ2) is 7.21. The molecule has 1 fully saturated rings. The summed E-state index contributed by atoms with van der Waals surface area (Å²) in [7, 11) is 2.07. The number of likely N-dealkylation sites (N-methyl/N-ethyl adjacent to an activating group) is 1. The number of rotatable bonds is 5. The van der Waals surface area contributed by atoms with Gasteiger partial charge in [-0.2, -0.15) is 0 Å². The van der Waals surface area contributed by atoms with Crippen molar-refractivity contribution < 1.29 is 4.74 Å². The van der Waals surface area contributed by atoms with Crippen molar-refractivity contribution in [2.45, 2.75) is 39.0 Å². The normalized spacial score (nSPS) is 23.8. The lowest BCUT2D eigenvalue weighted by Crippen LogP contribution is -2.53. The fourth-order valence-electron chi connectivity index (χ4n) is 3.33. The van der Waals surface area contributed by atoms with E-state index in [0.717, 1.165) is 19.7 Å². The summed E-state index contributed by atoms with van der Waals surface area (Å²) in [4.78, 5) is 2.59. The zero-order chi connectivity index (χ0) is 14.5. The Balaban J connectivity index is 2.21. The second-order valence-corrected chi connectivity index (χ2v) is 6.09. The van der Waals surface area contributed by atoms with Gasteiger partial charge in [0, 0.05) is 25.2 Å². The first-order valence-corrected chi connectivity index (χ1v) is 7.71. The van der Waals surface area contributed by atoms with Crippen molar-refractivity contribution in [3.8, 4) is 0 Å². The molecular formula is C17H28N2O. The van der Waals surface area contributed by atoms with Crippen LogP contribution in [0.15, 0.2) is 30.3 Å². The number of hydrogen-bond acceptors (Lipinski definition) is 3. The van der Waals surface area contributed by atoms with Gasteiger partial charge in [0.15, 0.2) is 0 Å². The molecule has 3 heteroatoms. The molecule has 3 unspecified atom stereocenters. The fourth-order valence-corrected chi connectivity index (χ4v) is 3.33. The van der Waals surface area contributed by atoms with E-state index in [2.05, 4.69) is 68.4 Å². The average molecular weight is 276 g/mol. The van der Waals surface area contributed by atoms with Gasteiger partial charge in [0.2, 0.25) is 0 Å². The molecule has 0 amide bonds. The van der Waals surface area contributed by atoms with Gasteiger partial charge in [0.05, 0.1) is 12.7 Å². The van der Waals surface area contributed by atoms with Crippen molar-refractivity contribution in [1.82, 2.24) is 10.2 Å². The lowest BCUT2D eigenvalue weighted by Gasteiger charge is -2.43. The van der Waals surface area contributed by atoms with Crippen LogP contribution in [-0.4, -0.2) is 43.8 Å². The topological polar surface area (TPSA) is 24.5 Å². The molecule has 112 valence electrons. The molecule has 1 saturated heterocycles. The maximum Gasteiger partial charge on any atom is 0.0674 e. The Kier molecular flexibility index (Phi) is 5.58. The number of morpholine rings is 1. The van der Waals surface area contributed by atoms with Crippen LogP contribution in [0.3, 0.4) is 0 Å². The Hall–Kier alpha value is -0.900. The van der Waals surface area contributed by atoms with E-state index in [1.807, 2.05) is 0 Å². The largest absolute Gasteiger partial charge is 0.376 e. The van der Waals surface area contributed by atoms with Gasteiger partial charge in [-0.1, -0.05) is 44.2 Å². The van der Waals surface area contributed by atoms with E-state index in [1.165, 1.54) is 5.56 Å². The Bertz CT molecular complexity index is 393. The highest BCUT2D eigenvalue weighted by Gasteiger charge is 2.32. The molecule has 0 saturated carbocycles. The maximum atomic E-state index is 5.69. The lowest BCUT2D eigenvalue weighted by atomic mass is 9.89. The van der Waals surface area contributed by atoms with Gasteiger partial charge >= 0.3 is 0 Å². The zero-order valence-corrected chi connectivity index (χ0v) is 13.2. The van der Waals surface area contributed by atoms with Gasteiger partial charge in [0.25, 0.3) is 0 Å². The van der Waals surface area contributed by atoms with Crippen LogP contribution in [0.4, 0.5) is 0 Å². The van der Waals surface area contributed by atoms with Crippen molar-refractivity contribution in [3.05, 3.63) is 35.9 Å². The SMILES string of the molecule is CNC(c1ccccc1)C(C(C)C)N1CCOC(C)C1. The molecule has 1 aromatic carbocycles. The van der Waals surface area contributed by atoms with Crippen molar-refractivity contribution in [2.75, 3.05) is 26.7 Å². The molecule has 0 spiro atoms. The van der Waals surface area contributed by atoms with Crippen LogP contribution < -0.4 is 5.32 Å². The highest BCUT2D eigenvalue weighted by molar-refractivity contribution is 5.21. The molecule has 0 radical (unpaired) electrons. The Labute approximate surface area is 123 Å². The van der Waals surface area contributed by atoms with Gasteiger partial charge in [-0.05, 0) is 25.5 Å². The number of ether oxygens (including phenoxy) is 1. The van der Waals surface area contributed by atoms with Crippen LogP contribution >= 0.6 is 0 Å². The van der Waals surface area contributed by atoms with Gasteiger partial charge in [-0.15, -0.1) is 0 Å². The molecule has 3 nitrogen and oxygen atoms in total. The molecule has 1 aliphatic heterocycles. The molecule has 20 heavy (non-hydrogen) atoms. The third kappa shape index (κ3) is 3.60. The van der Waals surface area contributed by atoms with E-state index in [1.54, 1.807) is 0 Å². The first-order chi connectivity index (χ1) is 9.63. The fraction of sp³-hybridized carbons (Fsp3) is 0.647. The third-order valence-electron chi connectivity index (χ3n) is 4.19. The zero-order valence-electron chi connectivity index (χ0n) is 13.2. The van der Waals surface area contributed by atoms with Crippen molar-refractivity contribution in [2.24, 2.45) is 5.92 Å². The Morgan fingerprint density at radius 2 is 1.95 bits per heavy atom. The van der Waals surface area contributed by atoms with Crippen LogP contribution in [0.2, 0.25) is 0 Å². The summed E-state index contributed by atoms with van der Waals surface area (Å²) < 4.78 is 5.69. The summed E-state index contributed by atoms with van der Waals surface area (Å²) in [6.45, 7) is 9.69. The summed E-state index contributed by atoms with van der Waals surface area (Å²) in [5.41, 5.74) is 1.37. The molecule has 3 atom stereocenters. The summed E-state index contributed by atoms with van der Waals surface area (Å²) in [6, 6.07) is 11.6. The van der Waals surface area contributed by atoms with Gasteiger partial charge < -0.3 is 10.1 Å². The molecule has 2 rings (SSSR count). The minimum absolute atomic E-state index is 0.332. The first kappa shape index (κ1) is 15.5. The number of hydrogen-bond donors (Lipinski definition) is 1. The van der Waals surface area contributed by atoms with Crippen LogP contribution in [-0.2, 0) is 4.74 Å². The minimum atomic E-state index is 0.332. The highest BCUT2D eigenvalue weighted by atomic mass is 16.5. The summed E-state index contributed by atoms with van der Waals surface area (Å²) in [6.07, 6.45) is 0.332. The third-order valence-corrected chi connectivity index (χ3v) is 4.19. The molecule has 1 heterocycles. The number of benzene rings is 1. The van der Waals surface area contributed by atoms with Crippen LogP contribution in [0.5, 0.6) is 0 Å². The van der Waals surface area contributed by atoms with Crippen LogP contribution in [0.25, 0.3) is 0 Å². The van der Waals surface area contributed by atoms with Gasteiger partial charge in [-0.25, -0.2) is 0 Å². The van der Waals surface area contributed by atoms with Crippen LogP contribution in [0.1, 0.15) is 32.4 Å². The lowest BCUT2D eigenvalue weighted by molar-refractivity contribution is -0.0477. The van der Waals surface area contributed by atoms with E-state index < -0.39 is 0 Å². The standard InChI is InChI=1S/C17H28N2O/c1-13(2)17(19-10-11-20-14(3)12-19)16(18-4)15-8-6-5-7-9-15/h5-9,13-14,16-18H,10-12H2,1-4H3. The molecule has 1 aromatic rings. The van der Waals surface area contributed by atoms with Gasteiger partial charge in [-0.3, -0.25) is 4.90 Å². The summed E-state index contributed by atoms with van der Waals surface area (Å²) >= 11 is 0. The molecule has 0 aromatic heterocycles. The number of nitrogens with zero attached hydrogens (tertiary/aromatic N) is 1. The van der Waals surface area contributed by atoms with E-state index in [0.29, 0.717) is 24.1 Å².